The molecule has 0 radical (unpaired) electrons. The summed E-state index contributed by atoms with van der Waals surface area (Å²) in [4.78, 5) is 12.6. The molecule has 4 rings (SSSR count). The van der Waals surface area contributed by atoms with E-state index in [0.717, 1.165) is 38.6 Å². The first-order valence-electron chi connectivity index (χ1n) is 9.21. The number of H-pyrrole nitrogens is 1. The molecule has 0 amide bonds. The predicted molar refractivity (Wildman–Crippen MR) is 122 cm³/mol. The van der Waals surface area contributed by atoms with Gasteiger partial charge in [0.15, 0.2) is 10.3 Å². The highest BCUT2D eigenvalue weighted by atomic mass is 32.2. The number of thioether (sulfide) groups is 2. The van der Waals surface area contributed by atoms with E-state index in [4.69, 9.17) is 4.98 Å². The Labute approximate surface area is 179 Å². The number of aromatic amines is 1. The van der Waals surface area contributed by atoms with Crippen LogP contribution >= 0.6 is 23.5 Å². The minimum Gasteiger partial charge on any atom is -0.332 e. The minimum atomic E-state index is 0.692. The van der Waals surface area contributed by atoms with E-state index in [1.165, 1.54) is 0 Å². The lowest BCUT2D eigenvalue weighted by Crippen LogP contribution is -1.88. The van der Waals surface area contributed by atoms with Gasteiger partial charge in [-0.2, -0.15) is 0 Å². The molecule has 0 bridgehead atoms. The molecule has 2 aromatic heterocycles. The molecule has 0 saturated heterocycles. The Morgan fingerprint density at radius 3 is 2.21 bits per heavy atom. The summed E-state index contributed by atoms with van der Waals surface area (Å²) < 4.78 is 2.00. The number of hydrogen-bond donors (Lipinski definition) is 1. The molecule has 1 N–H and O–H groups in total. The number of nitrogens with one attached hydrogen (secondary N) is 1. The van der Waals surface area contributed by atoms with Crippen LogP contribution in [0.5, 0.6) is 0 Å². The highest BCUT2D eigenvalue weighted by molar-refractivity contribution is 7.99. The maximum atomic E-state index is 4.85. The summed E-state index contributed by atoms with van der Waals surface area (Å²) >= 11 is 3.27. The highest BCUT2D eigenvalue weighted by Gasteiger charge is 2.13. The van der Waals surface area contributed by atoms with Crippen LogP contribution in [0.3, 0.4) is 0 Å². The molecular formula is C23H20N4S2. The molecule has 0 aliphatic rings. The fourth-order valence-electron chi connectivity index (χ4n) is 2.84. The van der Waals surface area contributed by atoms with Crippen LogP contribution in [0.25, 0.3) is 22.5 Å². The van der Waals surface area contributed by atoms with Crippen molar-refractivity contribution in [2.75, 3.05) is 11.5 Å². The summed E-state index contributed by atoms with van der Waals surface area (Å²) in [6, 6.07) is 20.6. The van der Waals surface area contributed by atoms with E-state index in [2.05, 4.69) is 46.1 Å². The fraction of sp³-hybridized carbons (Fsp3) is 0.130. The molecular weight excluding hydrogens is 396 g/mol. The van der Waals surface area contributed by atoms with Crippen LogP contribution in [0, 0.1) is 11.8 Å². The summed E-state index contributed by atoms with van der Waals surface area (Å²) in [6.07, 6.45) is 3.74. The minimum absolute atomic E-state index is 0.692. The first kappa shape index (κ1) is 19.4. The van der Waals surface area contributed by atoms with Gasteiger partial charge in [-0.15, -0.1) is 0 Å². The fourth-order valence-corrected chi connectivity index (χ4v) is 4.18. The maximum Gasteiger partial charge on any atom is 0.168 e. The molecule has 29 heavy (non-hydrogen) atoms. The van der Waals surface area contributed by atoms with E-state index < -0.39 is 0 Å². The quantitative estimate of drug-likeness (QED) is 0.339. The topological polar surface area (TPSA) is 46.5 Å². The van der Waals surface area contributed by atoms with Crippen LogP contribution in [0.2, 0.25) is 0 Å². The first-order chi connectivity index (χ1) is 14.3. The average molecular weight is 417 g/mol. The van der Waals surface area contributed by atoms with E-state index in [9.17, 15) is 0 Å². The lowest BCUT2D eigenvalue weighted by molar-refractivity contribution is 0.791. The Balaban J connectivity index is 1.45. The van der Waals surface area contributed by atoms with Crippen molar-refractivity contribution < 1.29 is 0 Å². The molecule has 144 valence electrons. The van der Waals surface area contributed by atoms with Crippen LogP contribution in [-0.2, 0) is 7.05 Å². The van der Waals surface area contributed by atoms with E-state index in [-0.39, 0.29) is 0 Å². The van der Waals surface area contributed by atoms with Gasteiger partial charge >= 0.3 is 0 Å². The van der Waals surface area contributed by atoms with Crippen molar-refractivity contribution in [2.24, 2.45) is 7.05 Å². The van der Waals surface area contributed by atoms with Gasteiger partial charge in [0.05, 0.1) is 22.9 Å². The number of aromatic nitrogens is 4. The van der Waals surface area contributed by atoms with Crippen molar-refractivity contribution in [3.63, 3.8) is 0 Å². The Bertz CT molecular complexity index is 1060. The predicted octanol–water partition coefficient (Wildman–Crippen LogP) is 5.37. The number of benzene rings is 2. The lowest BCUT2D eigenvalue weighted by atomic mass is 10.1. The molecule has 4 nitrogen and oxygen atoms in total. The van der Waals surface area contributed by atoms with Gasteiger partial charge in [0.1, 0.15) is 0 Å². The van der Waals surface area contributed by atoms with E-state index in [1.54, 1.807) is 29.7 Å². The molecule has 0 fully saturated rings. The van der Waals surface area contributed by atoms with Crippen molar-refractivity contribution in [1.29, 1.82) is 0 Å². The first-order valence-corrected chi connectivity index (χ1v) is 11.2. The van der Waals surface area contributed by atoms with Gasteiger partial charge in [-0.25, -0.2) is 9.97 Å². The lowest BCUT2D eigenvalue weighted by Gasteiger charge is -2.02. The second-order valence-electron chi connectivity index (χ2n) is 6.25. The van der Waals surface area contributed by atoms with Crippen molar-refractivity contribution >= 4 is 23.5 Å². The molecule has 4 aromatic rings. The second kappa shape index (κ2) is 9.55. The highest BCUT2D eigenvalue weighted by Crippen LogP contribution is 2.32. The Hall–Kier alpha value is -2.88. The third-order valence-corrected chi connectivity index (χ3v) is 5.94. The Kier molecular flexibility index (Phi) is 6.40. The van der Waals surface area contributed by atoms with Gasteiger partial charge in [0.25, 0.3) is 0 Å². The van der Waals surface area contributed by atoms with Crippen LogP contribution in [0.15, 0.2) is 83.4 Å². The van der Waals surface area contributed by atoms with Crippen molar-refractivity contribution in [1.82, 2.24) is 19.5 Å². The molecule has 0 spiro atoms. The normalized spacial score (nSPS) is 10.5. The average Bonchev–Trinajstić information content (AvgIpc) is 3.38. The van der Waals surface area contributed by atoms with Crippen molar-refractivity contribution in [2.45, 2.75) is 10.3 Å². The maximum absolute atomic E-state index is 4.85. The summed E-state index contributed by atoms with van der Waals surface area (Å²) in [5.74, 6) is 7.84. The molecule has 0 aliphatic carbocycles. The van der Waals surface area contributed by atoms with Crippen molar-refractivity contribution in [3.8, 4) is 34.4 Å². The summed E-state index contributed by atoms with van der Waals surface area (Å²) in [7, 11) is 1.99. The standard InChI is InChI=1S/C23H20N4S2/c1-27-15-14-24-23(27)29-17-9-8-16-28-22-25-20(18-10-4-2-5-11-18)21(26-22)19-12-6-3-7-13-19/h2-7,10-15H,16-17H2,1H3,(H,25,26). The third-order valence-electron chi connectivity index (χ3n) is 4.25. The molecule has 0 saturated carbocycles. The summed E-state index contributed by atoms with van der Waals surface area (Å²) in [5.41, 5.74) is 4.24. The van der Waals surface area contributed by atoms with Crippen LogP contribution in [0.1, 0.15) is 0 Å². The summed E-state index contributed by atoms with van der Waals surface area (Å²) in [6.45, 7) is 0. The van der Waals surface area contributed by atoms with Crippen LogP contribution in [0.4, 0.5) is 0 Å². The molecule has 2 heterocycles. The largest absolute Gasteiger partial charge is 0.332 e. The van der Waals surface area contributed by atoms with Gasteiger partial charge < -0.3 is 9.55 Å². The third kappa shape index (κ3) is 4.94. The number of aryl methyl sites for hydroxylation is 1. The van der Waals surface area contributed by atoms with Gasteiger partial charge in [-0.1, -0.05) is 96.0 Å². The van der Waals surface area contributed by atoms with Crippen LogP contribution < -0.4 is 0 Å². The Morgan fingerprint density at radius 1 is 0.897 bits per heavy atom. The second-order valence-corrected chi connectivity index (χ2v) is 8.16. The van der Waals surface area contributed by atoms with Crippen LogP contribution in [-0.4, -0.2) is 31.0 Å². The van der Waals surface area contributed by atoms with E-state index >= 15 is 0 Å². The number of nitrogens with zero attached hydrogens (tertiary/aromatic N) is 3. The van der Waals surface area contributed by atoms with E-state index in [0.29, 0.717) is 5.75 Å². The van der Waals surface area contributed by atoms with Gasteiger partial charge in [-0.3, -0.25) is 0 Å². The number of rotatable bonds is 6. The molecule has 0 aliphatic heterocycles. The monoisotopic (exact) mass is 416 g/mol. The van der Waals surface area contributed by atoms with Gasteiger partial charge in [0, 0.05) is 30.6 Å². The molecule has 2 aromatic carbocycles. The molecule has 0 unspecified atom stereocenters. The molecule has 6 heteroatoms. The van der Waals surface area contributed by atoms with E-state index in [1.807, 2.05) is 54.2 Å². The van der Waals surface area contributed by atoms with Gasteiger partial charge in [-0.05, 0) is 0 Å². The SMILES string of the molecule is Cn1ccnc1SCC#CCSc1nc(-c2ccccc2)c(-c2ccccc2)[nH]1. The smallest absolute Gasteiger partial charge is 0.168 e. The van der Waals surface area contributed by atoms with Crippen molar-refractivity contribution in [3.05, 3.63) is 73.1 Å². The zero-order chi connectivity index (χ0) is 19.9. The number of imidazole rings is 2. The number of hydrogen-bond acceptors (Lipinski definition) is 4. The Morgan fingerprint density at radius 2 is 1.55 bits per heavy atom. The van der Waals surface area contributed by atoms with Gasteiger partial charge in [0.2, 0.25) is 0 Å². The molecule has 0 atom stereocenters. The zero-order valence-electron chi connectivity index (χ0n) is 16.0. The zero-order valence-corrected chi connectivity index (χ0v) is 17.6. The summed E-state index contributed by atoms with van der Waals surface area (Å²) in [5, 5.41) is 1.87.